The van der Waals surface area contributed by atoms with Crippen molar-refractivity contribution in [1.29, 1.82) is 0 Å². The minimum atomic E-state index is -3.92. The molecule has 3 N–H and O–H groups in total. The van der Waals surface area contributed by atoms with E-state index in [9.17, 15) is 13.2 Å². The summed E-state index contributed by atoms with van der Waals surface area (Å²) in [5.41, 5.74) is 0.485. The van der Waals surface area contributed by atoms with Gasteiger partial charge in [0.2, 0.25) is 10.0 Å². The van der Waals surface area contributed by atoms with Gasteiger partial charge in [0.25, 0.3) is 5.91 Å². The molecule has 0 saturated heterocycles. The van der Waals surface area contributed by atoms with E-state index >= 15 is 0 Å². The highest BCUT2D eigenvalue weighted by Gasteiger charge is 2.20. The summed E-state index contributed by atoms with van der Waals surface area (Å²) in [4.78, 5) is 12.0. The fourth-order valence-electron chi connectivity index (χ4n) is 1.63. The Morgan fingerprint density at radius 3 is 2.43 bits per heavy atom. The van der Waals surface area contributed by atoms with Crippen molar-refractivity contribution in [2.45, 2.75) is 39.0 Å². The van der Waals surface area contributed by atoms with Gasteiger partial charge < -0.3 is 5.32 Å². The molecular weight excluding hydrogens is 312 g/mol. The van der Waals surface area contributed by atoms with Crippen LogP contribution in [0.3, 0.4) is 0 Å². The second kappa shape index (κ2) is 6.34. The third-order valence-corrected chi connectivity index (χ3v) is 4.98. The predicted octanol–water partition coefficient (Wildman–Crippen LogP) is 2.46. The first kappa shape index (κ1) is 17.9. The van der Waals surface area contributed by atoms with Gasteiger partial charge in [-0.15, -0.1) is 0 Å². The van der Waals surface area contributed by atoms with Gasteiger partial charge in [0, 0.05) is 17.1 Å². The SMILES string of the molecule is CCC(C)(C)CNC(=O)c1cc(Cl)c(C)c(S(N)(=O)=O)c1. The molecule has 118 valence electrons. The lowest BCUT2D eigenvalue weighted by Gasteiger charge is -2.23. The summed E-state index contributed by atoms with van der Waals surface area (Å²) in [5, 5.41) is 8.12. The summed E-state index contributed by atoms with van der Waals surface area (Å²) in [5.74, 6) is -0.372. The average molecular weight is 333 g/mol. The van der Waals surface area contributed by atoms with Crippen LogP contribution in [0.2, 0.25) is 5.02 Å². The van der Waals surface area contributed by atoms with Crippen LogP contribution in [-0.2, 0) is 10.0 Å². The number of benzene rings is 1. The largest absolute Gasteiger partial charge is 0.352 e. The Labute approximate surface area is 130 Å². The van der Waals surface area contributed by atoms with Crippen molar-refractivity contribution in [2.24, 2.45) is 10.6 Å². The minimum absolute atomic E-state index is 0.0348. The zero-order valence-electron chi connectivity index (χ0n) is 12.7. The lowest BCUT2D eigenvalue weighted by molar-refractivity contribution is 0.0935. The van der Waals surface area contributed by atoms with Crippen molar-refractivity contribution >= 4 is 27.5 Å². The number of amides is 1. The molecule has 0 aromatic heterocycles. The Bertz CT molecular complexity index is 654. The number of sulfonamides is 1. The van der Waals surface area contributed by atoms with Crippen LogP contribution in [0.1, 0.15) is 43.1 Å². The molecule has 0 aliphatic heterocycles. The lowest BCUT2D eigenvalue weighted by Crippen LogP contribution is -2.33. The van der Waals surface area contributed by atoms with E-state index in [0.29, 0.717) is 12.1 Å². The molecule has 1 amide bonds. The maximum atomic E-state index is 12.1. The number of carbonyl (C=O) groups is 1. The van der Waals surface area contributed by atoms with Crippen molar-refractivity contribution in [3.8, 4) is 0 Å². The number of nitrogens with two attached hydrogens (primary N) is 1. The Balaban J connectivity index is 3.10. The van der Waals surface area contributed by atoms with Crippen molar-refractivity contribution in [1.82, 2.24) is 5.32 Å². The summed E-state index contributed by atoms with van der Waals surface area (Å²) in [6, 6.07) is 2.70. The van der Waals surface area contributed by atoms with Crippen LogP contribution >= 0.6 is 11.6 Å². The molecule has 0 fully saturated rings. The van der Waals surface area contributed by atoms with E-state index in [0.717, 1.165) is 6.42 Å². The molecule has 0 atom stereocenters. The number of primary sulfonamides is 1. The number of carbonyl (C=O) groups excluding carboxylic acids is 1. The van der Waals surface area contributed by atoms with Gasteiger partial charge in [-0.25, -0.2) is 13.6 Å². The second-order valence-corrected chi connectivity index (χ2v) is 7.76. The summed E-state index contributed by atoms with van der Waals surface area (Å²) in [6.07, 6.45) is 0.907. The van der Waals surface area contributed by atoms with Crippen molar-refractivity contribution in [3.63, 3.8) is 0 Å². The van der Waals surface area contributed by atoms with Crippen LogP contribution in [0.5, 0.6) is 0 Å². The van der Waals surface area contributed by atoms with Crippen LogP contribution < -0.4 is 10.5 Å². The monoisotopic (exact) mass is 332 g/mol. The number of hydrogen-bond donors (Lipinski definition) is 2. The smallest absolute Gasteiger partial charge is 0.251 e. The van der Waals surface area contributed by atoms with Crippen LogP contribution in [0.15, 0.2) is 17.0 Å². The molecule has 0 unspecified atom stereocenters. The molecule has 1 aromatic carbocycles. The van der Waals surface area contributed by atoms with E-state index in [1.165, 1.54) is 12.1 Å². The van der Waals surface area contributed by atoms with E-state index in [4.69, 9.17) is 16.7 Å². The van der Waals surface area contributed by atoms with Crippen LogP contribution in [0.4, 0.5) is 0 Å². The molecule has 21 heavy (non-hydrogen) atoms. The van der Waals surface area contributed by atoms with Gasteiger partial charge in [-0.05, 0) is 36.5 Å². The summed E-state index contributed by atoms with van der Waals surface area (Å²) < 4.78 is 23.1. The molecule has 0 bridgehead atoms. The topological polar surface area (TPSA) is 89.3 Å². The van der Waals surface area contributed by atoms with E-state index < -0.39 is 10.0 Å². The summed E-state index contributed by atoms with van der Waals surface area (Å²) in [6.45, 7) is 8.13. The van der Waals surface area contributed by atoms with Gasteiger partial charge in [0.05, 0.1) is 4.90 Å². The maximum Gasteiger partial charge on any atom is 0.251 e. The fraction of sp³-hybridized carbons (Fsp3) is 0.500. The van der Waals surface area contributed by atoms with Gasteiger partial charge >= 0.3 is 0 Å². The molecule has 1 aromatic rings. The van der Waals surface area contributed by atoms with Crippen molar-refractivity contribution in [3.05, 3.63) is 28.3 Å². The molecule has 0 saturated carbocycles. The molecule has 0 aliphatic rings. The Morgan fingerprint density at radius 2 is 1.95 bits per heavy atom. The zero-order chi connectivity index (χ0) is 16.4. The summed E-state index contributed by atoms with van der Waals surface area (Å²) >= 11 is 5.99. The first-order chi connectivity index (χ1) is 9.48. The van der Waals surface area contributed by atoms with Crippen LogP contribution in [0, 0.1) is 12.3 Å². The molecule has 5 nitrogen and oxygen atoms in total. The zero-order valence-corrected chi connectivity index (χ0v) is 14.2. The third kappa shape index (κ3) is 4.69. The molecule has 0 heterocycles. The first-order valence-electron chi connectivity index (χ1n) is 6.59. The predicted molar refractivity (Wildman–Crippen MR) is 84.0 cm³/mol. The molecule has 1 rings (SSSR count). The van der Waals surface area contributed by atoms with Gasteiger partial charge in [0.1, 0.15) is 0 Å². The molecule has 0 aliphatic carbocycles. The quantitative estimate of drug-likeness (QED) is 0.867. The highest BCUT2D eigenvalue weighted by molar-refractivity contribution is 7.89. The number of nitrogens with one attached hydrogen (secondary N) is 1. The first-order valence-corrected chi connectivity index (χ1v) is 8.51. The highest BCUT2D eigenvalue weighted by atomic mass is 35.5. The van der Waals surface area contributed by atoms with Gasteiger partial charge in [-0.2, -0.15) is 0 Å². The van der Waals surface area contributed by atoms with Crippen molar-refractivity contribution in [2.75, 3.05) is 6.54 Å². The third-order valence-electron chi connectivity index (χ3n) is 3.55. The van der Waals surface area contributed by atoms with Gasteiger partial charge in [-0.3, -0.25) is 4.79 Å². The molecule has 0 radical (unpaired) electrons. The fourth-order valence-corrected chi connectivity index (χ4v) is 2.73. The Morgan fingerprint density at radius 1 is 1.38 bits per heavy atom. The molecular formula is C14H21ClN2O3S. The van der Waals surface area contributed by atoms with E-state index in [1.54, 1.807) is 6.92 Å². The van der Waals surface area contributed by atoms with E-state index in [2.05, 4.69) is 5.32 Å². The molecule has 0 spiro atoms. The van der Waals surface area contributed by atoms with E-state index in [1.807, 2.05) is 20.8 Å². The lowest BCUT2D eigenvalue weighted by atomic mass is 9.90. The number of rotatable bonds is 5. The summed E-state index contributed by atoms with van der Waals surface area (Å²) in [7, 11) is -3.92. The van der Waals surface area contributed by atoms with Gasteiger partial charge in [-0.1, -0.05) is 32.4 Å². The number of halogens is 1. The number of hydrogen-bond acceptors (Lipinski definition) is 3. The maximum absolute atomic E-state index is 12.1. The standard InChI is InChI=1S/C14H21ClN2O3S/c1-5-14(3,4)8-17-13(18)10-6-11(15)9(2)12(7-10)21(16,19)20/h6-7H,5,8H2,1-4H3,(H,17,18)(H2,16,19,20). The normalized spacial score (nSPS) is 12.3. The Kier molecular flexibility index (Phi) is 5.41. The highest BCUT2D eigenvalue weighted by Crippen LogP contribution is 2.25. The van der Waals surface area contributed by atoms with E-state index in [-0.39, 0.29) is 26.8 Å². The molecule has 7 heteroatoms. The van der Waals surface area contributed by atoms with Gasteiger partial charge in [0.15, 0.2) is 0 Å². The average Bonchev–Trinajstić information content (AvgIpc) is 2.37. The second-order valence-electron chi connectivity index (χ2n) is 5.83. The minimum Gasteiger partial charge on any atom is -0.352 e. The van der Waals surface area contributed by atoms with Crippen LogP contribution in [-0.4, -0.2) is 20.9 Å². The van der Waals surface area contributed by atoms with Crippen LogP contribution in [0.25, 0.3) is 0 Å². The Hall–Kier alpha value is -1.11. The van der Waals surface area contributed by atoms with Crippen molar-refractivity contribution < 1.29 is 13.2 Å².